The molecule has 4 rings (SSSR count). The number of nitrogens with zero attached hydrogens (tertiary/aromatic N) is 1. The van der Waals surface area contributed by atoms with Gasteiger partial charge in [-0.1, -0.05) is 30.7 Å². The number of ether oxygens (including phenoxy) is 1. The normalized spacial score (nSPS) is 19.3. The molecule has 2 aromatic carbocycles. The third-order valence-corrected chi connectivity index (χ3v) is 6.11. The summed E-state index contributed by atoms with van der Waals surface area (Å²) in [5.74, 6) is 1.13. The fourth-order valence-corrected chi connectivity index (χ4v) is 4.10. The first-order valence-electron chi connectivity index (χ1n) is 10.5. The van der Waals surface area contributed by atoms with Crippen LogP contribution in [0.4, 0.5) is 5.69 Å². The van der Waals surface area contributed by atoms with E-state index in [1.54, 1.807) is 7.11 Å². The van der Waals surface area contributed by atoms with Crippen molar-refractivity contribution in [3.8, 4) is 16.9 Å². The van der Waals surface area contributed by atoms with Crippen LogP contribution < -0.4 is 10.1 Å². The van der Waals surface area contributed by atoms with Gasteiger partial charge >= 0.3 is 0 Å². The number of nitrogens with one attached hydrogen (secondary N) is 1. The second-order valence-corrected chi connectivity index (χ2v) is 8.05. The van der Waals surface area contributed by atoms with Crippen molar-refractivity contribution in [3.05, 3.63) is 48.5 Å². The van der Waals surface area contributed by atoms with Crippen molar-refractivity contribution in [1.29, 1.82) is 0 Å². The molecule has 0 bridgehead atoms. The van der Waals surface area contributed by atoms with E-state index in [9.17, 15) is 9.59 Å². The van der Waals surface area contributed by atoms with Gasteiger partial charge in [0.1, 0.15) is 5.75 Å². The van der Waals surface area contributed by atoms with Gasteiger partial charge in [-0.2, -0.15) is 0 Å². The lowest BCUT2D eigenvalue weighted by molar-refractivity contribution is -0.141. The second-order valence-electron chi connectivity index (χ2n) is 8.05. The molecule has 0 unspecified atom stereocenters. The Morgan fingerprint density at radius 2 is 1.72 bits per heavy atom. The smallest absolute Gasteiger partial charge is 0.229 e. The predicted octanol–water partition coefficient (Wildman–Crippen LogP) is 4.34. The highest BCUT2D eigenvalue weighted by Crippen LogP contribution is 2.30. The van der Waals surface area contributed by atoms with Crippen molar-refractivity contribution in [2.24, 2.45) is 11.8 Å². The molecular weight excluding hydrogens is 364 g/mol. The first-order valence-corrected chi connectivity index (χ1v) is 10.5. The van der Waals surface area contributed by atoms with Crippen molar-refractivity contribution < 1.29 is 14.3 Å². The maximum Gasteiger partial charge on any atom is 0.229 e. The van der Waals surface area contributed by atoms with Crippen molar-refractivity contribution in [3.63, 3.8) is 0 Å². The molecule has 2 amide bonds. The molecule has 1 saturated heterocycles. The molecule has 5 heteroatoms. The highest BCUT2D eigenvalue weighted by molar-refractivity contribution is 5.93. The average molecular weight is 392 g/mol. The zero-order valence-electron chi connectivity index (χ0n) is 16.9. The molecule has 0 radical (unpaired) electrons. The number of methoxy groups -OCH3 is 1. The van der Waals surface area contributed by atoms with Crippen LogP contribution in [0.15, 0.2) is 48.5 Å². The topological polar surface area (TPSA) is 58.6 Å². The van der Waals surface area contributed by atoms with Gasteiger partial charge in [-0.15, -0.1) is 0 Å². The summed E-state index contributed by atoms with van der Waals surface area (Å²) in [4.78, 5) is 27.2. The van der Waals surface area contributed by atoms with Gasteiger partial charge in [-0.3, -0.25) is 9.59 Å². The quantitative estimate of drug-likeness (QED) is 0.823. The molecule has 0 spiro atoms. The van der Waals surface area contributed by atoms with E-state index in [4.69, 9.17) is 4.74 Å². The van der Waals surface area contributed by atoms with E-state index in [-0.39, 0.29) is 23.7 Å². The highest BCUT2D eigenvalue weighted by atomic mass is 16.5. The summed E-state index contributed by atoms with van der Waals surface area (Å²) >= 11 is 0. The molecule has 2 fully saturated rings. The maximum absolute atomic E-state index is 12.8. The fraction of sp³-hybridized carbons (Fsp3) is 0.417. The number of carbonyl (C=O) groups excluding carboxylic acids is 2. The van der Waals surface area contributed by atoms with E-state index in [2.05, 4.69) is 5.32 Å². The van der Waals surface area contributed by atoms with Crippen molar-refractivity contribution in [2.75, 3.05) is 25.5 Å². The van der Waals surface area contributed by atoms with Gasteiger partial charge in [-0.05, 0) is 61.1 Å². The zero-order valence-corrected chi connectivity index (χ0v) is 16.9. The van der Waals surface area contributed by atoms with Gasteiger partial charge in [-0.25, -0.2) is 0 Å². The third kappa shape index (κ3) is 4.44. The van der Waals surface area contributed by atoms with Crippen molar-refractivity contribution in [1.82, 2.24) is 4.90 Å². The number of hydrogen-bond acceptors (Lipinski definition) is 3. The van der Waals surface area contributed by atoms with Gasteiger partial charge < -0.3 is 15.0 Å². The number of benzene rings is 2. The number of carbonyl (C=O) groups is 2. The van der Waals surface area contributed by atoms with Gasteiger partial charge in [0.25, 0.3) is 0 Å². The second kappa shape index (κ2) is 8.68. The molecule has 1 atom stereocenters. The molecule has 1 aliphatic heterocycles. The number of rotatable bonds is 5. The summed E-state index contributed by atoms with van der Waals surface area (Å²) < 4.78 is 5.29. The van der Waals surface area contributed by atoms with Gasteiger partial charge in [0.15, 0.2) is 0 Å². The minimum atomic E-state index is -0.133. The standard InChI is InChI=1S/C24H28N2O3/c1-29-22-9-3-7-19(15-22)17-10-12-21(13-11-17)25-23(27)20-8-4-14-26(16-20)24(28)18-5-2-6-18/h3,7,9-13,15,18,20H,2,4-6,8,14,16H2,1H3,(H,25,27)/t20-/m0/s1. The number of likely N-dealkylation sites (tertiary alicyclic amines) is 1. The molecule has 2 aromatic rings. The Bertz CT molecular complexity index is 874. The maximum atomic E-state index is 12.8. The largest absolute Gasteiger partial charge is 0.497 e. The molecular formula is C24H28N2O3. The molecule has 0 aromatic heterocycles. The lowest BCUT2D eigenvalue weighted by Gasteiger charge is -2.36. The van der Waals surface area contributed by atoms with Gasteiger partial charge in [0.2, 0.25) is 11.8 Å². The SMILES string of the molecule is COc1cccc(-c2ccc(NC(=O)[C@H]3CCCN(C(=O)C4CCC4)C3)cc2)c1. The van der Waals surface area contributed by atoms with Crippen molar-refractivity contribution >= 4 is 17.5 Å². The first-order chi connectivity index (χ1) is 14.1. The molecule has 152 valence electrons. The van der Waals surface area contributed by atoms with E-state index in [0.29, 0.717) is 6.54 Å². The van der Waals surface area contributed by atoms with Crippen LogP contribution in [-0.2, 0) is 9.59 Å². The summed E-state index contributed by atoms with van der Waals surface area (Å²) in [6, 6.07) is 15.7. The van der Waals surface area contributed by atoms with Crippen LogP contribution in [0.5, 0.6) is 5.75 Å². The minimum Gasteiger partial charge on any atom is -0.497 e. The van der Waals surface area contributed by atoms with Crippen LogP contribution in [0.25, 0.3) is 11.1 Å². The summed E-state index contributed by atoms with van der Waals surface area (Å²) in [6.07, 6.45) is 4.89. The molecule has 29 heavy (non-hydrogen) atoms. The highest BCUT2D eigenvalue weighted by Gasteiger charge is 2.34. The molecule has 2 aliphatic rings. The number of piperidine rings is 1. The van der Waals surface area contributed by atoms with Crippen LogP contribution in [0.2, 0.25) is 0 Å². The molecule has 5 nitrogen and oxygen atoms in total. The lowest BCUT2D eigenvalue weighted by Crippen LogP contribution is -2.47. The van der Waals surface area contributed by atoms with Crippen LogP contribution in [-0.4, -0.2) is 36.9 Å². The van der Waals surface area contributed by atoms with E-state index in [1.807, 2.05) is 53.4 Å². The Labute approximate surface area is 172 Å². The van der Waals surface area contributed by atoms with Gasteiger partial charge in [0.05, 0.1) is 13.0 Å². The summed E-state index contributed by atoms with van der Waals surface area (Å²) in [5.41, 5.74) is 2.92. The monoisotopic (exact) mass is 392 g/mol. The fourth-order valence-electron chi connectivity index (χ4n) is 4.10. The molecule has 1 aliphatic carbocycles. The first kappa shape index (κ1) is 19.5. The minimum absolute atomic E-state index is 0.00485. The van der Waals surface area contributed by atoms with E-state index < -0.39 is 0 Å². The zero-order chi connectivity index (χ0) is 20.2. The van der Waals surface area contributed by atoms with Crippen molar-refractivity contribution in [2.45, 2.75) is 32.1 Å². The molecule has 1 saturated carbocycles. The Kier molecular flexibility index (Phi) is 5.84. The van der Waals surface area contributed by atoms with Crippen LogP contribution >= 0.6 is 0 Å². The Morgan fingerprint density at radius 1 is 0.966 bits per heavy atom. The Morgan fingerprint density at radius 3 is 2.41 bits per heavy atom. The van der Waals surface area contributed by atoms with E-state index in [1.165, 1.54) is 0 Å². The number of anilines is 1. The number of hydrogen-bond donors (Lipinski definition) is 1. The average Bonchev–Trinajstić information content (AvgIpc) is 2.73. The van der Waals surface area contributed by atoms with Gasteiger partial charge in [0, 0.05) is 24.7 Å². The molecule has 1 heterocycles. The summed E-state index contributed by atoms with van der Waals surface area (Å²) in [5, 5.41) is 3.03. The van der Waals surface area contributed by atoms with Crippen LogP contribution in [0, 0.1) is 11.8 Å². The van der Waals surface area contributed by atoms with E-state index >= 15 is 0 Å². The van der Waals surface area contributed by atoms with E-state index in [0.717, 1.165) is 61.2 Å². The Balaban J connectivity index is 1.37. The van der Waals surface area contributed by atoms with Crippen LogP contribution in [0.1, 0.15) is 32.1 Å². The Hall–Kier alpha value is -2.82. The predicted molar refractivity (Wildman–Crippen MR) is 114 cm³/mol. The number of amides is 2. The molecule has 1 N–H and O–H groups in total. The third-order valence-electron chi connectivity index (χ3n) is 6.11. The summed E-state index contributed by atoms with van der Waals surface area (Å²) in [6.45, 7) is 1.33. The summed E-state index contributed by atoms with van der Waals surface area (Å²) in [7, 11) is 1.66. The lowest BCUT2D eigenvalue weighted by atomic mass is 9.83. The van der Waals surface area contributed by atoms with Crippen LogP contribution in [0.3, 0.4) is 0 Å².